The van der Waals surface area contributed by atoms with Crippen molar-refractivity contribution in [1.82, 2.24) is 14.5 Å². The van der Waals surface area contributed by atoms with Crippen LogP contribution in [0.2, 0.25) is 5.02 Å². The topological polar surface area (TPSA) is 97.8 Å². The standard InChI is InChI=1S/C24H20ClN3O5S/c25-17-12-18-19(13-20(17)29)28(14-15-5-2-1-3-6-15)23(26-18)34-21(11-16-7-4-9-32-16)22(30)27-8-10-33-24(27)31/h1-7,9,12-13,21,29H,8,10-11,14H2. The van der Waals surface area contributed by atoms with Gasteiger partial charge >= 0.3 is 6.09 Å². The number of fused-ring (bicyclic) bond motifs is 1. The van der Waals surface area contributed by atoms with Gasteiger partial charge in [0, 0.05) is 12.5 Å². The summed E-state index contributed by atoms with van der Waals surface area (Å²) in [6.07, 6.45) is 1.16. The fourth-order valence-corrected chi connectivity index (χ4v) is 5.14. The Morgan fingerprint density at radius 2 is 2.03 bits per heavy atom. The summed E-state index contributed by atoms with van der Waals surface area (Å²) in [7, 11) is 0. The van der Waals surface area contributed by atoms with Crippen LogP contribution in [0.3, 0.4) is 0 Å². The van der Waals surface area contributed by atoms with Gasteiger partial charge < -0.3 is 18.8 Å². The van der Waals surface area contributed by atoms with Crippen LogP contribution in [0.5, 0.6) is 5.75 Å². The van der Waals surface area contributed by atoms with E-state index in [-0.39, 0.29) is 36.3 Å². The first kappa shape index (κ1) is 22.4. The number of ether oxygens (including phenoxy) is 1. The zero-order valence-corrected chi connectivity index (χ0v) is 19.5. The van der Waals surface area contributed by atoms with Crippen molar-refractivity contribution in [3.8, 4) is 5.75 Å². The minimum Gasteiger partial charge on any atom is -0.506 e. The second-order valence-electron chi connectivity index (χ2n) is 7.75. The number of amides is 2. The van der Waals surface area contributed by atoms with Crippen LogP contribution >= 0.6 is 23.4 Å². The third kappa shape index (κ3) is 4.49. The zero-order chi connectivity index (χ0) is 23.7. The molecule has 5 rings (SSSR count). The van der Waals surface area contributed by atoms with Crippen LogP contribution in [0.25, 0.3) is 11.0 Å². The number of imide groups is 1. The van der Waals surface area contributed by atoms with Crippen LogP contribution in [-0.2, 0) is 22.5 Å². The van der Waals surface area contributed by atoms with E-state index in [1.54, 1.807) is 30.5 Å². The SMILES string of the molecule is O=C1OCCN1C(=O)C(Cc1ccco1)Sc1nc2cc(Cl)c(O)cc2n1Cc1ccccc1. The van der Waals surface area contributed by atoms with Crippen LogP contribution in [-0.4, -0.2) is 50.0 Å². The van der Waals surface area contributed by atoms with Crippen molar-refractivity contribution in [2.75, 3.05) is 13.2 Å². The first-order valence-electron chi connectivity index (χ1n) is 10.6. The number of rotatable bonds is 7. The predicted octanol–water partition coefficient (Wildman–Crippen LogP) is 4.72. The number of phenolic OH excluding ortho intramolecular Hbond substituents is 1. The van der Waals surface area contributed by atoms with Crippen LogP contribution < -0.4 is 0 Å². The van der Waals surface area contributed by atoms with E-state index in [4.69, 9.17) is 25.7 Å². The summed E-state index contributed by atoms with van der Waals surface area (Å²) in [5, 5.41) is 10.3. The summed E-state index contributed by atoms with van der Waals surface area (Å²) < 4.78 is 12.4. The Morgan fingerprint density at radius 1 is 1.21 bits per heavy atom. The van der Waals surface area contributed by atoms with Crippen molar-refractivity contribution < 1.29 is 23.8 Å². The maximum atomic E-state index is 13.3. The van der Waals surface area contributed by atoms with E-state index in [9.17, 15) is 14.7 Å². The van der Waals surface area contributed by atoms with Gasteiger partial charge in [-0.1, -0.05) is 53.7 Å². The molecule has 1 atom stereocenters. The number of aromatic nitrogens is 2. The molecule has 1 aliphatic heterocycles. The average Bonchev–Trinajstić information content (AvgIpc) is 3.56. The fraction of sp³-hybridized carbons (Fsp3) is 0.208. The van der Waals surface area contributed by atoms with Gasteiger partial charge in [-0.05, 0) is 23.8 Å². The van der Waals surface area contributed by atoms with Gasteiger partial charge in [-0.25, -0.2) is 14.7 Å². The lowest BCUT2D eigenvalue weighted by Crippen LogP contribution is -2.39. The fourth-order valence-electron chi connectivity index (χ4n) is 3.81. The number of aromatic hydroxyl groups is 1. The van der Waals surface area contributed by atoms with Crippen molar-refractivity contribution in [2.24, 2.45) is 0 Å². The van der Waals surface area contributed by atoms with Crippen LogP contribution in [0.15, 0.2) is 70.4 Å². The van der Waals surface area contributed by atoms with E-state index in [2.05, 4.69) is 0 Å². The number of furan rings is 1. The molecular formula is C24H20ClN3O5S. The van der Waals surface area contributed by atoms with E-state index < -0.39 is 11.3 Å². The lowest BCUT2D eigenvalue weighted by molar-refractivity contribution is -0.127. The van der Waals surface area contributed by atoms with Crippen LogP contribution in [0, 0.1) is 0 Å². The summed E-state index contributed by atoms with van der Waals surface area (Å²) in [5.74, 6) is 0.191. The maximum absolute atomic E-state index is 13.3. The maximum Gasteiger partial charge on any atom is 0.416 e. The quantitative estimate of drug-likeness (QED) is 0.369. The second-order valence-corrected chi connectivity index (χ2v) is 9.33. The molecule has 0 bridgehead atoms. The highest BCUT2D eigenvalue weighted by Gasteiger charge is 2.35. The van der Waals surface area contributed by atoms with Gasteiger partial charge in [0.1, 0.15) is 18.1 Å². The van der Waals surface area contributed by atoms with Crippen molar-refractivity contribution in [1.29, 1.82) is 0 Å². The average molecular weight is 498 g/mol. The molecule has 1 unspecified atom stereocenters. The van der Waals surface area contributed by atoms with Gasteiger partial charge in [0.2, 0.25) is 5.91 Å². The van der Waals surface area contributed by atoms with Crippen molar-refractivity contribution >= 4 is 46.4 Å². The van der Waals surface area contributed by atoms with Crippen LogP contribution in [0.1, 0.15) is 11.3 Å². The molecular weight excluding hydrogens is 478 g/mol. The number of thioether (sulfide) groups is 1. The van der Waals surface area contributed by atoms with Gasteiger partial charge in [-0.3, -0.25) is 4.79 Å². The molecule has 2 amide bonds. The number of imidazole rings is 1. The number of cyclic esters (lactones) is 1. The van der Waals surface area contributed by atoms with E-state index in [0.717, 1.165) is 10.5 Å². The highest BCUT2D eigenvalue weighted by molar-refractivity contribution is 8.00. The van der Waals surface area contributed by atoms with E-state index >= 15 is 0 Å². The minimum absolute atomic E-state index is 0.0528. The molecule has 174 valence electrons. The molecule has 0 saturated carbocycles. The Labute approximate surface area is 204 Å². The molecule has 1 aliphatic rings. The van der Waals surface area contributed by atoms with Crippen molar-refractivity contribution in [3.63, 3.8) is 0 Å². The molecule has 1 fully saturated rings. The van der Waals surface area contributed by atoms with Gasteiger partial charge in [-0.2, -0.15) is 0 Å². The van der Waals surface area contributed by atoms with Crippen molar-refractivity contribution in [2.45, 2.75) is 23.4 Å². The number of hydrogen-bond donors (Lipinski definition) is 1. The molecule has 2 aromatic carbocycles. The Balaban J connectivity index is 1.55. The molecule has 34 heavy (non-hydrogen) atoms. The van der Waals surface area contributed by atoms with Gasteiger partial charge in [0.25, 0.3) is 0 Å². The molecule has 0 spiro atoms. The first-order valence-corrected chi connectivity index (χ1v) is 11.8. The monoisotopic (exact) mass is 497 g/mol. The number of halogens is 1. The van der Waals surface area contributed by atoms with Gasteiger partial charge in [0.15, 0.2) is 5.16 Å². The molecule has 4 aromatic rings. The van der Waals surface area contributed by atoms with E-state index in [0.29, 0.717) is 28.5 Å². The van der Waals surface area contributed by atoms with E-state index in [1.165, 1.54) is 11.8 Å². The normalized spacial score (nSPS) is 14.5. The Bertz CT molecular complexity index is 1340. The summed E-state index contributed by atoms with van der Waals surface area (Å²) in [6, 6.07) is 16.5. The zero-order valence-electron chi connectivity index (χ0n) is 17.9. The summed E-state index contributed by atoms with van der Waals surface area (Å²) in [4.78, 5) is 31.3. The number of carbonyl (C=O) groups excluding carboxylic acids is 2. The first-order chi connectivity index (χ1) is 16.5. The van der Waals surface area contributed by atoms with Gasteiger partial charge in [-0.15, -0.1) is 0 Å². The summed E-state index contributed by atoms with van der Waals surface area (Å²) >= 11 is 7.37. The molecule has 10 heteroatoms. The molecule has 0 aliphatic carbocycles. The molecule has 8 nitrogen and oxygen atoms in total. The Kier molecular flexibility index (Phi) is 6.21. The number of nitrogens with zero attached hydrogens (tertiary/aromatic N) is 3. The summed E-state index contributed by atoms with van der Waals surface area (Å²) in [5.41, 5.74) is 2.29. The number of benzene rings is 2. The lowest BCUT2D eigenvalue weighted by atomic mass is 10.2. The molecule has 1 N–H and O–H groups in total. The highest BCUT2D eigenvalue weighted by atomic mass is 35.5. The van der Waals surface area contributed by atoms with Crippen molar-refractivity contribution in [3.05, 3.63) is 77.2 Å². The van der Waals surface area contributed by atoms with Gasteiger partial charge in [0.05, 0.1) is 40.7 Å². The molecule has 1 saturated heterocycles. The Hall–Kier alpha value is -3.43. The number of phenols is 1. The third-order valence-electron chi connectivity index (χ3n) is 5.48. The van der Waals surface area contributed by atoms with Crippen LogP contribution in [0.4, 0.5) is 4.79 Å². The lowest BCUT2D eigenvalue weighted by Gasteiger charge is -2.19. The largest absolute Gasteiger partial charge is 0.506 e. The predicted molar refractivity (Wildman–Crippen MR) is 127 cm³/mol. The molecule has 2 aromatic heterocycles. The number of hydrogen-bond acceptors (Lipinski definition) is 7. The van der Waals surface area contributed by atoms with E-state index in [1.807, 2.05) is 34.9 Å². The Morgan fingerprint density at radius 3 is 2.74 bits per heavy atom. The minimum atomic E-state index is -0.688. The number of carbonyl (C=O) groups is 2. The smallest absolute Gasteiger partial charge is 0.416 e. The highest BCUT2D eigenvalue weighted by Crippen LogP contribution is 2.35. The molecule has 0 radical (unpaired) electrons. The summed E-state index contributed by atoms with van der Waals surface area (Å²) in [6.45, 7) is 0.845. The third-order valence-corrected chi connectivity index (χ3v) is 6.96. The molecule has 3 heterocycles. The second kappa shape index (κ2) is 9.44.